The zero-order valence-corrected chi connectivity index (χ0v) is 18.7. The molecule has 1 aliphatic rings. The van der Waals surface area contributed by atoms with Crippen LogP contribution in [0.15, 0.2) is 42.9 Å². The summed E-state index contributed by atoms with van der Waals surface area (Å²) in [4.78, 5) is 8.73. The number of nitrogens with zero attached hydrogens (tertiary/aromatic N) is 6. The lowest BCUT2D eigenvalue weighted by molar-refractivity contribution is 0.302. The maximum atomic E-state index is 15.4. The Kier molecular flexibility index (Phi) is 4.47. The molecule has 2 N–H and O–H groups in total. The maximum absolute atomic E-state index is 15.4. The van der Waals surface area contributed by atoms with Crippen molar-refractivity contribution in [3.05, 3.63) is 59.3 Å². The fourth-order valence-corrected chi connectivity index (χ4v) is 4.38. The Bertz CT molecular complexity index is 1660. The Balaban J connectivity index is 1.58. The van der Waals surface area contributed by atoms with Crippen LogP contribution in [0.25, 0.3) is 39.1 Å². The van der Waals surface area contributed by atoms with Gasteiger partial charge < -0.3 is 10.5 Å². The molecule has 1 aliphatic carbocycles. The van der Waals surface area contributed by atoms with Crippen molar-refractivity contribution in [2.24, 2.45) is 7.05 Å². The summed E-state index contributed by atoms with van der Waals surface area (Å²) < 4.78 is 24.7. The number of hydrogen-bond donors (Lipinski definition) is 1. The molecular weight excluding hydrogens is 457 g/mol. The summed E-state index contributed by atoms with van der Waals surface area (Å²) in [6.45, 7) is 0. The second-order valence-corrected chi connectivity index (χ2v) is 8.61. The predicted molar refractivity (Wildman–Crippen MR) is 126 cm³/mol. The van der Waals surface area contributed by atoms with Crippen molar-refractivity contribution < 1.29 is 9.13 Å². The van der Waals surface area contributed by atoms with Gasteiger partial charge in [-0.15, -0.1) is 0 Å². The molecule has 0 atom stereocenters. The van der Waals surface area contributed by atoms with Crippen molar-refractivity contribution in [3.8, 4) is 34.2 Å². The second-order valence-electron chi connectivity index (χ2n) is 8.20. The Hall–Kier alpha value is -4.16. The number of rotatable bonds is 4. The van der Waals surface area contributed by atoms with Crippen LogP contribution in [0.3, 0.4) is 0 Å². The van der Waals surface area contributed by atoms with Gasteiger partial charge in [0.2, 0.25) is 0 Å². The van der Waals surface area contributed by atoms with E-state index in [4.69, 9.17) is 22.1 Å². The Morgan fingerprint density at radius 3 is 2.88 bits per heavy atom. The normalized spacial score (nSPS) is 13.5. The van der Waals surface area contributed by atoms with E-state index in [1.807, 2.05) is 28.8 Å². The molecular formula is C24H17ClFN7O. The SMILES string of the molecule is Cn1ncc(-c2ccc3c(c2)nc(N)c2nccn23)c1-c1c(F)c(Cl)cc(OC2CC2)c1C#N. The van der Waals surface area contributed by atoms with E-state index in [1.165, 1.54) is 10.7 Å². The van der Waals surface area contributed by atoms with E-state index < -0.39 is 5.82 Å². The minimum atomic E-state index is -0.700. The third-order valence-corrected chi connectivity index (χ3v) is 6.22. The van der Waals surface area contributed by atoms with Crippen molar-refractivity contribution in [1.82, 2.24) is 24.1 Å². The lowest BCUT2D eigenvalue weighted by atomic mass is 9.96. The molecule has 0 aliphatic heterocycles. The monoisotopic (exact) mass is 473 g/mol. The van der Waals surface area contributed by atoms with Gasteiger partial charge in [0.25, 0.3) is 0 Å². The highest BCUT2D eigenvalue weighted by Gasteiger charge is 2.29. The molecule has 34 heavy (non-hydrogen) atoms. The molecule has 10 heteroatoms. The first kappa shape index (κ1) is 20.4. The number of fused-ring (bicyclic) bond motifs is 3. The first-order valence-electron chi connectivity index (χ1n) is 10.6. The van der Waals surface area contributed by atoms with E-state index in [-0.39, 0.29) is 28.0 Å². The first-order valence-corrected chi connectivity index (χ1v) is 11.0. The molecule has 0 unspecified atom stereocenters. The topological polar surface area (TPSA) is 107 Å². The van der Waals surface area contributed by atoms with Gasteiger partial charge in [-0.2, -0.15) is 10.4 Å². The number of nitrogen functional groups attached to an aromatic ring is 1. The zero-order valence-electron chi connectivity index (χ0n) is 18.0. The summed E-state index contributed by atoms with van der Waals surface area (Å²) in [5.41, 5.74) is 10.0. The molecule has 5 aromatic rings. The van der Waals surface area contributed by atoms with E-state index in [1.54, 1.807) is 19.4 Å². The fourth-order valence-electron chi connectivity index (χ4n) is 4.19. The van der Waals surface area contributed by atoms with Crippen molar-refractivity contribution in [1.29, 1.82) is 5.26 Å². The standard InChI is InChI=1S/C24H17ClFN7O/c1-32-22(20-14(10-27)19(34-13-3-4-13)9-16(25)21(20)26)15(11-30-32)12-2-5-18-17(8-12)31-23(28)24-29-6-7-33(18)24/h2,5-9,11,13H,3-4H2,1H3,(H2,28,31). The molecule has 1 fully saturated rings. The van der Waals surface area contributed by atoms with Gasteiger partial charge in [-0.1, -0.05) is 17.7 Å². The van der Waals surface area contributed by atoms with Gasteiger partial charge >= 0.3 is 0 Å². The van der Waals surface area contributed by atoms with Crippen LogP contribution in [0.4, 0.5) is 10.2 Å². The number of benzene rings is 2. The number of halogens is 2. The maximum Gasteiger partial charge on any atom is 0.180 e. The molecule has 0 spiro atoms. The van der Waals surface area contributed by atoms with Gasteiger partial charge in [0.05, 0.1) is 39.6 Å². The van der Waals surface area contributed by atoms with Crippen LogP contribution in [-0.2, 0) is 7.05 Å². The second kappa shape index (κ2) is 7.43. The highest BCUT2D eigenvalue weighted by Crippen LogP contribution is 2.43. The molecule has 0 amide bonds. The van der Waals surface area contributed by atoms with Crippen LogP contribution in [0.1, 0.15) is 18.4 Å². The Morgan fingerprint density at radius 1 is 1.29 bits per heavy atom. The number of aromatic nitrogens is 5. The van der Waals surface area contributed by atoms with Crippen LogP contribution < -0.4 is 10.5 Å². The molecule has 3 heterocycles. The molecule has 0 saturated heterocycles. The summed E-state index contributed by atoms with van der Waals surface area (Å²) in [5.74, 6) is -0.126. The predicted octanol–water partition coefficient (Wildman–Crippen LogP) is 4.74. The van der Waals surface area contributed by atoms with Crippen LogP contribution in [-0.4, -0.2) is 30.3 Å². The highest BCUT2D eigenvalue weighted by molar-refractivity contribution is 6.31. The molecule has 8 nitrogen and oxygen atoms in total. The van der Waals surface area contributed by atoms with E-state index in [2.05, 4.69) is 21.1 Å². The lowest BCUT2D eigenvalue weighted by Crippen LogP contribution is -2.05. The summed E-state index contributed by atoms with van der Waals surface area (Å²) in [7, 11) is 1.69. The van der Waals surface area contributed by atoms with E-state index in [0.717, 1.165) is 23.9 Å². The smallest absolute Gasteiger partial charge is 0.180 e. The fraction of sp³-hybridized carbons (Fsp3) is 0.167. The van der Waals surface area contributed by atoms with Crippen molar-refractivity contribution in [3.63, 3.8) is 0 Å². The molecule has 2 aromatic carbocycles. The zero-order chi connectivity index (χ0) is 23.6. The van der Waals surface area contributed by atoms with Crippen LogP contribution in [0.5, 0.6) is 5.75 Å². The van der Waals surface area contributed by atoms with Gasteiger partial charge in [-0.3, -0.25) is 9.08 Å². The Morgan fingerprint density at radius 2 is 2.12 bits per heavy atom. The van der Waals surface area contributed by atoms with E-state index in [0.29, 0.717) is 28.2 Å². The minimum absolute atomic E-state index is 0.0181. The number of aryl methyl sites for hydroxylation is 1. The number of hydrogen-bond acceptors (Lipinski definition) is 6. The molecule has 0 bridgehead atoms. The van der Waals surface area contributed by atoms with Crippen LogP contribution in [0.2, 0.25) is 5.02 Å². The van der Waals surface area contributed by atoms with Gasteiger partial charge in [0.1, 0.15) is 17.4 Å². The number of imidazole rings is 1. The van der Waals surface area contributed by atoms with E-state index >= 15 is 4.39 Å². The summed E-state index contributed by atoms with van der Waals surface area (Å²) in [5, 5.41) is 14.2. The van der Waals surface area contributed by atoms with Gasteiger partial charge in [-0.05, 0) is 30.5 Å². The minimum Gasteiger partial charge on any atom is -0.489 e. The molecule has 0 radical (unpaired) electrons. The van der Waals surface area contributed by atoms with E-state index in [9.17, 15) is 5.26 Å². The largest absolute Gasteiger partial charge is 0.489 e. The highest BCUT2D eigenvalue weighted by atomic mass is 35.5. The third-order valence-electron chi connectivity index (χ3n) is 5.95. The lowest BCUT2D eigenvalue weighted by Gasteiger charge is -2.15. The van der Waals surface area contributed by atoms with Gasteiger partial charge in [0, 0.05) is 31.1 Å². The van der Waals surface area contributed by atoms with Crippen molar-refractivity contribution in [2.45, 2.75) is 18.9 Å². The van der Waals surface area contributed by atoms with Gasteiger partial charge in [0.15, 0.2) is 17.3 Å². The summed E-state index contributed by atoms with van der Waals surface area (Å²) >= 11 is 6.23. The average molecular weight is 474 g/mol. The van der Waals surface area contributed by atoms with Crippen molar-refractivity contribution >= 4 is 34.1 Å². The van der Waals surface area contributed by atoms with Crippen LogP contribution >= 0.6 is 11.6 Å². The number of anilines is 1. The number of nitriles is 1. The summed E-state index contributed by atoms with van der Waals surface area (Å²) in [6, 6.07) is 9.10. The Labute approximate surface area is 198 Å². The summed E-state index contributed by atoms with van der Waals surface area (Å²) in [6.07, 6.45) is 6.90. The molecule has 3 aromatic heterocycles. The van der Waals surface area contributed by atoms with Crippen LogP contribution in [0, 0.1) is 17.1 Å². The van der Waals surface area contributed by atoms with Gasteiger partial charge in [-0.25, -0.2) is 14.4 Å². The molecule has 1 saturated carbocycles. The first-order chi connectivity index (χ1) is 16.5. The molecule has 168 valence electrons. The quantitative estimate of drug-likeness (QED) is 0.404. The molecule has 6 rings (SSSR count). The number of nitrogens with two attached hydrogens (primary N) is 1. The third kappa shape index (κ3) is 3.07. The van der Waals surface area contributed by atoms with Crippen molar-refractivity contribution in [2.75, 3.05) is 5.73 Å². The average Bonchev–Trinajstić information content (AvgIpc) is 3.34. The number of ether oxygens (including phenoxy) is 1.